The molecule has 25 heavy (non-hydrogen) atoms. The maximum Gasteiger partial charge on any atom is 0.249 e. The van der Waals surface area contributed by atoms with E-state index in [2.05, 4.69) is 25.8 Å². The number of aromatic nitrogens is 3. The van der Waals surface area contributed by atoms with Gasteiger partial charge in [0.25, 0.3) is 0 Å². The zero-order chi connectivity index (χ0) is 17.2. The lowest BCUT2D eigenvalue weighted by molar-refractivity contribution is 0.174. The molecular formula is C17H14ClN5O2. The van der Waals surface area contributed by atoms with Crippen molar-refractivity contribution in [1.29, 1.82) is 0 Å². The first-order valence-electron chi connectivity index (χ1n) is 7.57. The maximum absolute atomic E-state index is 6.14. The smallest absolute Gasteiger partial charge is 0.249 e. The molecule has 1 aliphatic heterocycles. The third kappa shape index (κ3) is 3.41. The number of ether oxygens (including phenoxy) is 2. The molecule has 0 spiro atoms. The molecule has 0 atom stereocenters. The van der Waals surface area contributed by atoms with Crippen molar-refractivity contribution < 1.29 is 9.47 Å². The first kappa shape index (κ1) is 15.5. The molecule has 126 valence electrons. The third-order valence-electron chi connectivity index (χ3n) is 3.63. The van der Waals surface area contributed by atoms with Crippen molar-refractivity contribution in [2.75, 3.05) is 17.4 Å². The lowest BCUT2D eigenvalue weighted by Gasteiger charge is -2.09. The zero-order valence-corrected chi connectivity index (χ0v) is 14.0. The highest BCUT2D eigenvalue weighted by Crippen LogP contribution is 2.34. The van der Waals surface area contributed by atoms with Crippen molar-refractivity contribution in [1.82, 2.24) is 15.2 Å². The maximum atomic E-state index is 6.14. The molecule has 2 aromatic carbocycles. The Bertz CT molecular complexity index is 935. The molecule has 0 amide bonds. The van der Waals surface area contributed by atoms with E-state index in [9.17, 15) is 0 Å². The number of anilines is 4. The van der Waals surface area contributed by atoms with Crippen molar-refractivity contribution in [3.05, 3.63) is 53.2 Å². The minimum atomic E-state index is 0.232. The summed E-state index contributed by atoms with van der Waals surface area (Å²) in [5.74, 6) is 2.32. The Kier molecular flexibility index (Phi) is 3.99. The van der Waals surface area contributed by atoms with Crippen LogP contribution in [0.1, 0.15) is 5.56 Å². The van der Waals surface area contributed by atoms with E-state index >= 15 is 0 Å². The zero-order valence-electron chi connectivity index (χ0n) is 13.3. The minimum Gasteiger partial charge on any atom is -0.454 e. The summed E-state index contributed by atoms with van der Waals surface area (Å²) in [6, 6.07) is 11.2. The van der Waals surface area contributed by atoms with Crippen LogP contribution < -0.4 is 20.1 Å². The van der Waals surface area contributed by atoms with Crippen LogP contribution in [0.3, 0.4) is 0 Å². The van der Waals surface area contributed by atoms with Gasteiger partial charge in [0.05, 0.1) is 6.20 Å². The van der Waals surface area contributed by atoms with E-state index in [1.54, 1.807) is 6.20 Å². The Hall–Kier alpha value is -3.06. The van der Waals surface area contributed by atoms with Crippen LogP contribution in [0.25, 0.3) is 0 Å². The van der Waals surface area contributed by atoms with Crippen LogP contribution in [0, 0.1) is 6.92 Å². The first-order valence-corrected chi connectivity index (χ1v) is 7.95. The summed E-state index contributed by atoms with van der Waals surface area (Å²) in [4.78, 5) is 4.40. The van der Waals surface area contributed by atoms with E-state index < -0.39 is 0 Å². The Morgan fingerprint density at radius 2 is 1.80 bits per heavy atom. The number of halogens is 1. The van der Waals surface area contributed by atoms with Crippen molar-refractivity contribution in [3.8, 4) is 11.5 Å². The molecule has 1 aliphatic rings. The van der Waals surface area contributed by atoms with Gasteiger partial charge in [0.1, 0.15) is 0 Å². The predicted octanol–water partition coefficient (Wildman–Crippen LogP) is 4.05. The quantitative estimate of drug-likeness (QED) is 0.730. The molecule has 0 aliphatic carbocycles. The molecule has 0 fully saturated rings. The lowest BCUT2D eigenvalue weighted by Crippen LogP contribution is -2.02. The van der Waals surface area contributed by atoms with E-state index in [0.29, 0.717) is 22.5 Å². The van der Waals surface area contributed by atoms with E-state index in [4.69, 9.17) is 21.1 Å². The van der Waals surface area contributed by atoms with Gasteiger partial charge in [0, 0.05) is 22.5 Å². The van der Waals surface area contributed by atoms with Crippen LogP contribution in [-0.2, 0) is 0 Å². The fraction of sp³-hybridized carbons (Fsp3) is 0.118. The van der Waals surface area contributed by atoms with Gasteiger partial charge >= 0.3 is 0 Å². The van der Waals surface area contributed by atoms with Crippen LogP contribution >= 0.6 is 11.6 Å². The summed E-state index contributed by atoms with van der Waals surface area (Å²) >= 11 is 6.14. The number of hydrogen-bond acceptors (Lipinski definition) is 7. The topological polar surface area (TPSA) is 81.2 Å². The van der Waals surface area contributed by atoms with Crippen molar-refractivity contribution in [3.63, 3.8) is 0 Å². The molecule has 2 N–H and O–H groups in total. The summed E-state index contributed by atoms with van der Waals surface area (Å²) in [5, 5.41) is 14.9. The van der Waals surface area contributed by atoms with Gasteiger partial charge in [-0.1, -0.05) is 17.7 Å². The molecule has 2 heterocycles. The van der Waals surface area contributed by atoms with E-state index in [1.807, 2.05) is 43.3 Å². The number of rotatable bonds is 4. The lowest BCUT2D eigenvalue weighted by atomic mass is 10.2. The Labute approximate surface area is 149 Å². The third-order valence-corrected chi connectivity index (χ3v) is 4.04. The number of fused-ring (bicyclic) bond motifs is 1. The van der Waals surface area contributed by atoms with Gasteiger partial charge in [-0.15, -0.1) is 5.10 Å². The van der Waals surface area contributed by atoms with Gasteiger partial charge in [-0.25, -0.2) is 0 Å². The Morgan fingerprint density at radius 3 is 2.68 bits per heavy atom. The molecule has 0 unspecified atom stereocenters. The molecule has 0 saturated carbocycles. The van der Waals surface area contributed by atoms with Gasteiger partial charge in [-0.3, -0.25) is 0 Å². The average Bonchev–Trinajstić information content (AvgIpc) is 3.06. The number of nitrogens with one attached hydrogen (secondary N) is 2. The summed E-state index contributed by atoms with van der Waals surface area (Å²) in [5.41, 5.74) is 2.62. The average molecular weight is 356 g/mol. The largest absolute Gasteiger partial charge is 0.454 e. The van der Waals surface area contributed by atoms with Gasteiger partial charge in [-0.2, -0.15) is 10.1 Å². The molecule has 3 aromatic rings. The molecule has 8 heteroatoms. The SMILES string of the molecule is Cc1ccc(Nc2cnnc(Nc3ccc4c(c3)OCO4)n2)cc1Cl. The predicted molar refractivity (Wildman–Crippen MR) is 95.1 cm³/mol. The molecule has 7 nitrogen and oxygen atoms in total. The van der Waals surface area contributed by atoms with Crippen molar-refractivity contribution in [2.24, 2.45) is 0 Å². The van der Waals surface area contributed by atoms with E-state index in [-0.39, 0.29) is 6.79 Å². The summed E-state index contributed by atoms with van der Waals surface area (Å²) in [7, 11) is 0. The Balaban J connectivity index is 1.52. The monoisotopic (exact) mass is 355 g/mol. The minimum absolute atomic E-state index is 0.232. The Morgan fingerprint density at radius 1 is 1.00 bits per heavy atom. The van der Waals surface area contributed by atoms with Gasteiger partial charge in [0.2, 0.25) is 12.7 Å². The molecular weight excluding hydrogens is 342 g/mol. The van der Waals surface area contributed by atoms with Crippen LogP contribution in [0.15, 0.2) is 42.6 Å². The van der Waals surface area contributed by atoms with Gasteiger partial charge in [-0.05, 0) is 36.8 Å². The fourth-order valence-electron chi connectivity index (χ4n) is 2.34. The number of nitrogens with zero attached hydrogens (tertiary/aromatic N) is 3. The highest BCUT2D eigenvalue weighted by molar-refractivity contribution is 6.31. The van der Waals surface area contributed by atoms with Crippen LogP contribution in [0.4, 0.5) is 23.1 Å². The summed E-state index contributed by atoms with van der Waals surface area (Å²) in [6.07, 6.45) is 1.54. The standard InChI is InChI=1S/C17H14ClN5O2/c1-10-2-3-11(6-13(10)18)20-16-8-19-23-17(22-16)21-12-4-5-14-15(7-12)25-9-24-14/h2-8H,9H2,1H3,(H2,20,21,22,23). The second kappa shape index (κ2) is 6.45. The highest BCUT2D eigenvalue weighted by atomic mass is 35.5. The number of aryl methyl sites for hydroxylation is 1. The molecule has 0 radical (unpaired) electrons. The molecule has 0 saturated heterocycles. The van der Waals surface area contributed by atoms with Crippen molar-refractivity contribution in [2.45, 2.75) is 6.92 Å². The number of benzene rings is 2. The normalized spacial score (nSPS) is 12.1. The van der Waals surface area contributed by atoms with Crippen LogP contribution in [-0.4, -0.2) is 22.0 Å². The van der Waals surface area contributed by atoms with Gasteiger partial charge in [0.15, 0.2) is 17.3 Å². The van der Waals surface area contributed by atoms with Gasteiger partial charge < -0.3 is 20.1 Å². The summed E-state index contributed by atoms with van der Waals surface area (Å²) < 4.78 is 10.6. The second-order valence-corrected chi connectivity index (χ2v) is 5.85. The molecule has 0 bridgehead atoms. The molecule has 4 rings (SSSR count). The van der Waals surface area contributed by atoms with E-state index in [1.165, 1.54) is 0 Å². The summed E-state index contributed by atoms with van der Waals surface area (Å²) in [6.45, 7) is 2.18. The number of hydrogen-bond donors (Lipinski definition) is 2. The second-order valence-electron chi connectivity index (χ2n) is 5.45. The molecule has 1 aromatic heterocycles. The van der Waals surface area contributed by atoms with Crippen LogP contribution in [0.5, 0.6) is 11.5 Å². The highest BCUT2D eigenvalue weighted by Gasteiger charge is 2.13. The first-order chi connectivity index (χ1) is 12.2. The fourth-order valence-corrected chi connectivity index (χ4v) is 2.52. The van der Waals surface area contributed by atoms with E-state index in [0.717, 1.165) is 22.7 Å². The van der Waals surface area contributed by atoms with Crippen LogP contribution in [0.2, 0.25) is 5.02 Å². The van der Waals surface area contributed by atoms with Crippen molar-refractivity contribution >= 4 is 34.7 Å².